The maximum Gasteiger partial charge on any atom is 0.0459 e. The van der Waals surface area contributed by atoms with Gasteiger partial charge in [0.05, 0.1) is 0 Å². The summed E-state index contributed by atoms with van der Waals surface area (Å²) < 4.78 is 0. The van der Waals surface area contributed by atoms with Crippen LogP contribution in [0.1, 0.15) is 53.4 Å². The average molecular weight is 172 g/mol. The standard InChI is InChI=1S/C11H24O/c1-5-10(9-12)7-8-11(3,4)6-2/h10,12H,5-9H2,1-4H3. The fourth-order valence-corrected chi connectivity index (χ4v) is 1.20. The molecule has 1 N–H and O–H groups in total. The first-order chi connectivity index (χ1) is 5.55. The van der Waals surface area contributed by atoms with Gasteiger partial charge in [0.15, 0.2) is 0 Å². The highest BCUT2D eigenvalue weighted by Gasteiger charge is 2.16. The highest BCUT2D eigenvalue weighted by Crippen LogP contribution is 2.28. The molecule has 0 fully saturated rings. The van der Waals surface area contributed by atoms with Gasteiger partial charge in [-0.2, -0.15) is 0 Å². The maximum atomic E-state index is 9.00. The second-order valence-electron chi connectivity index (χ2n) is 4.51. The van der Waals surface area contributed by atoms with Gasteiger partial charge in [-0.15, -0.1) is 0 Å². The number of hydrogen-bond donors (Lipinski definition) is 1. The monoisotopic (exact) mass is 172 g/mol. The Labute approximate surface area is 77.2 Å². The minimum Gasteiger partial charge on any atom is -0.396 e. The van der Waals surface area contributed by atoms with Crippen LogP contribution in [-0.4, -0.2) is 11.7 Å². The maximum absolute atomic E-state index is 9.00. The molecule has 0 aliphatic heterocycles. The summed E-state index contributed by atoms with van der Waals surface area (Å²) in [6, 6.07) is 0. The van der Waals surface area contributed by atoms with Crippen LogP contribution in [0.3, 0.4) is 0 Å². The van der Waals surface area contributed by atoms with Gasteiger partial charge in [-0.05, 0) is 24.2 Å². The molecule has 1 atom stereocenters. The predicted molar refractivity (Wildman–Crippen MR) is 54.2 cm³/mol. The first-order valence-corrected chi connectivity index (χ1v) is 5.16. The van der Waals surface area contributed by atoms with Crippen LogP contribution < -0.4 is 0 Å². The van der Waals surface area contributed by atoms with Crippen LogP contribution >= 0.6 is 0 Å². The van der Waals surface area contributed by atoms with Crippen molar-refractivity contribution in [2.45, 2.75) is 53.4 Å². The van der Waals surface area contributed by atoms with Crippen LogP contribution in [0.25, 0.3) is 0 Å². The first kappa shape index (κ1) is 12.0. The Morgan fingerprint density at radius 2 is 1.83 bits per heavy atom. The summed E-state index contributed by atoms with van der Waals surface area (Å²) in [6.45, 7) is 9.35. The first-order valence-electron chi connectivity index (χ1n) is 5.16. The number of rotatable bonds is 6. The summed E-state index contributed by atoms with van der Waals surface area (Å²) in [5.74, 6) is 0.524. The summed E-state index contributed by atoms with van der Waals surface area (Å²) in [5.41, 5.74) is 0.461. The van der Waals surface area contributed by atoms with Crippen LogP contribution in [0.15, 0.2) is 0 Å². The van der Waals surface area contributed by atoms with E-state index in [2.05, 4.69) is 27.7 Å². The van der Waals surface area contributed by atoms with Crippen LogP contribution in [0, 0.1) is 11.3 Å². The van der Waals surface area contributed by atoms with Crippen LogP contribution in [0.2, 0.25) is 0 Å². The third-order valence-electron chi connectivity index (χ3n) is 3.02. The smallest absolute Gasteiger partial charge is 0.0459 e. The minimum absolute atomic E-state index is 0.357. The molecule has 0 heterocycles. The van der Waals surface area contributed by atoms with E-state index in [0.717, 1.165) is 6.42 Å². The molecule has 74 valence electrons. The van der Waals surface area contributed by atoms with Crippen molar-refractivity contribution < 1.29 is 5.11 Å². The minimum atomic E-state index is 0.357. The Morgan fingerprint density at radius 3 is 2.17 bits per heavy atom. The van der Waals surface area contributed by atoms with Crippen LogP contribution in [0.4, 0.5) is 0 Å². The fraction of sp³-hybridized carbons (Fsp3) is 1.00. The van der Waals surface area contributed by atoms with Crippen molar-refractivity contribution in [1.82, 2.24) is 0 Å². The largest absolute Gasteiger partial charge is 0.396 e. The van der Waals surface area contributed by atoms with E-state index in [1.807, 2.05) is 0 Å². The van der Waals surface area contributed by atoms with Crippen molar-refractivity contribution in [2.75, 3.05) is 6.61 Å². The Hall–Kier alpha value is -0.0400. The van der Waals surface area contributed by atoms with E-state index < -0.39 is 0 Å². The van der Waals surface area contributed by atoms with Gasteiger partial charge < -0.3 is 5.11 Å². The predicted octanol–water partition coefficient (Wildman–Crippen LogP) is 3.22. The Morgan fingerprint density at radius 1 is 1.25 bits per heavy atom. The lowest BCUT2D eigenvalue weighted by atomic mass is 9.82. The Bertz CT molecular complexity index is 104. The van der Waals surface area contributed by atoms with Gasteiger partial charge in [0.2, 0.25) is 0 Å². The molecule has 1 heteroatoms. The molecule has 0 radical (unpaired) electrons. The van der Waals surface area contributed by atoms with Gasteiger partial charge in [-0.1, -0.05) is 40.5 Å². The third kappa shape index (κ3) is 4.76. The molecule has 12 heavy (non-hydrogen) atoms. The zero-order valence-corrected chi connectivity index (χ0v) is 9.06. The van der Waals surface area contributed by atoms with E-state index in [-0.39, 0.29) is 0 Å². The fourth-order valence-electron chi connectivity index (χ4n) is 1.20. The molecule has 1 unspecified atom stereocenters. The molecule has 0 amide bonds. The molecule has 0 saturated heterocycles. The molecule has 0 aromatic rings. The second-order valence-corrected chi connectivity index (χ2v) is 4.51. The van der Waals surface area contributed by atoms with Gasteiger partial charge in [0, 0.05) is 6.61 Å². The Kier molecular flexibility index (Phi) is 5.56. The van der Waals surface area contributed by atoms with Crippen molar-refractivity contribution in [2.24, 2.45) is 11.3 Å². The summed E-state index contributed by atoms with van der Waals surface area (Å²) in [4.78, 5) is 0. The normalized spacial score (nSPS) is 14.8. The van der Waals surface area contributed by atoms with E-state index in [1.54, 1.807) is 0 Å². The summed E-state index contributed by atoms with van der Waals surface area (Å²) in [6.07, 6.45) is 4.75. The summed E-state index contributed by atoms with van der Waals surface area (Å²) in [5, 5.41) is 9.00. The molecule has 0 aromatic carbocycles. The van der Waals surface area contributed by atoms with Gasteiger partial charge in [0.25, 0.3) is 0 Å². The summed E-state index contributed by atoms with van der Waals surface area (Å²) in [7, 11) is 0. The van der Waals surface area contributed by atoms with E-state index in [0.29, 0.717) is 17.9 Å². The highest BCUT2D eigenvalue weighted by molar-refractivity contribution is 4.68. The van der Waals surface area contributed by atoms with Crippen LogP contribution in [0.5, 0.6) is 0 Å². The highest BCUT2D eigenvalue weighted by atomic mass is 16.3. The number of aliphatic hydroxyl groups is 1. The van der Waals surface area contributed by atoms with Crippen molar-refractivity contribution in [3.05, 3.63) is 0 Å². The van der Waals surface area contributed by atoms with E-state index >= 15 is 0 Å². The van der Waals surface area contributed by atoms with Crippen molar-refractivity contribution in [3.8, 4) is 0 Å². The van der Waals surface area contributed by atoms with Crippen molar-refractivity contribution >= 4 is 0 Å². The zero-order valence-electron chi connectivity index (χ0n) is 9.06. The molecule has 0 bridgehead atoms. The van der Waals surface area contributed by atoms with Gasteiger partial charge in [-0.25, -0.2) is 0 Å². The van der Waals surface area contributed by atoms with Gasteiger partial charge >= 0.3 is 0 Å². The molecule has 0 aromatic heterocycles. The van der Waals surface area contributed by atoms with E-state index in [4.69, 9.17) is 5.11 Å². The lowest BCUT2D eigenvalue weighted by Crippen LogP contribution is -2.13. The summed E-state index contributed by atoms with van der Waals surface area (Å²) >= 11 is 0. The topological polar surface area (TPSA) is 20.2 Å². The number of aliphatic hydroxyl groups excluding tert-OH is 1. The Balaban J connectivity index is 3.65. The molecule has 0 aliphatic rings. The van der Waals surface area contributed by atoms with Gasteiger partial charge in [-0.3, -0.25) is 0 Å². The molecular formula is C11H24O. The molecular weight excluding hydrogens is 148 g/mol. The molecule has 0 aliphatic carbocycles. The van der Waals surface area contributed by atoms with E-state index in [1.165, 1.54) is 19.3 Å². The van der Waals surface area contributed by atoms with Crippen molar-refractivity contribution in [1.29, 1.82) is 0 Å². The SMILES string of the molecule is CCC(CO)CCC(C)(C)CC. The number of hydrogen-bond acceptors (Lipinski definition) is 1. The van der Waals surface area contributed by atoms with Crippen molar-refractivity contribution in [3.63, 3.8) is 0 Å². The quantitative estimate of drug-likeness (QED) is 0.652. The molecule has 0 saturated carbocycles. The van der Waals surface area contributed by atoms with Crippen LogP contribution in [-0.2, 0) is 0 Å². The van der Waals surface area contributed by atoms with E-state index in [9.17, 15) is 0 Å². The second kappa shape index (κ2) is 5.58. The lowest BCUT2D eigenvalue weighted by Gasteiger charge is -2.24. The third-order valence-corrected chi connectivity index (χ3v) is 3.02. The molecule has 1 nitrogen and oxygen atoms in total. The lowest BCUT2D eigenvalue weighted by molar-refractivity contribution is 0.190. The molecule has 0 spiro atoms. The molecule has 0 rings (SSSR count). The average Bonchev–Trinajstić information content (AvgIpc) is 2.06. The van der Waals surface area contributed by atoms with Gasteiger partial charge in [0.1, 0.15) is 0 Å². The zero-order chi connectivity index (χ0) is 9.61.